The molecule has 0 aromatic heterocycles. The molecular weight excluding hydrogens is 177 g/mol. The zero-order chi connectivity index (χ0) is 8.82. The van der Waals surface area contributed by atoms with Gasteiger partial charge in [0.1, 0.15) is 0 Å². The molecule has 0 spiro atoms. The van der Waals surface area contributed by atoms with Gasteiger partial charge in [0.2, 0.25) is 0 Å². The Morgan fingerprint density at radius 1 is 1.42 bits per heavy atom. The molecule has 5 heteroatoms. The summed E-state index contributed by atoms with van der Waals surface area (Å²) in [5.41, 5.74) is 0.0821. The van der Waals surface area contributed by atoms with E-state index >= 15 is 0 Å². The fourth-order valence-electron chi connectivity index (χ4n) is 1.85. The van der Waals surface area contributed by atoms with Crippen molar-refractivity contribution in [3.63, 3.8) is 0 Å². The maximum absolute atomic E-state index is 5.65. The monoisotopic (exact) mass is 193 g/mol. The Morgan fingerprint density at radius 2 is 2.17 bits per heavy atom. The average Bonchev–Trinajstić information content (AvgIpc) is 2.53. The van der Waals surface area contributed by atoms with Gasteiger partial charge >= 0.3 is 72.6 Å². The summed E-state index contributed by atoms with van der Waals surface area (Å²) < 4.78 is 18.8. The topological polar surface area (TPSA) is 30.9 Å². The molecule has 2 saturated heterocycles. The molecule has 0 aliphatic carbocycles. The summed E-state index contributed by atoms with van der Waals surface area (Å²) in [6.45, 7) is 6.72. The molecule has 2 aliphatic heterocycles. The number of rotatable bonds is 1. The van der Waals surface area contributed by atoms with Crippen molar-refractivity contribution in [3.8, 4) is 0 Å². The van der Waals surface area contributed by atoms with Crippen molar-refractivity contribution in [2.24, 2.45) is 0 Å². The average molecular weight is 193 g/mol. The molecule has 0 aromatic carbocycles. The maximum atomic E-state index is 5.65. The molecule has 0 N–H and O–H groups in total. The van der Waals surface area contributed by atoms with Gasteiger partial charge in [-0.15, -0.1) is 0 Å². The van der Waals surface area contributed by atoms with Crippen molar-refractivity contribution in [2.45, 2.75) is 19.4 Å². The van der Waals surface area contributed by atoms with Crippen LogP contribution >= 0.6 is 8.09 Å². The molecule has 0 unspecified atom stereocenters. The van der Waals surface area contributed by atoms with E-state index in [4.69, 9.17) is 13.6 Å². The zero-order valence-corrected chi connectivity index (χ0v) is 8.79. The van der Waals surface area contributed by atoms with Crippen LogP contribution in [0.4, 0.5) is 0 Å². The van der Waals surface area contributed by atoms with Crippen molar-refractivity contribution < 1.29 is 13.6 Å². The van der Waals surface area contributed by atoms with Crippen molar-refractivity contribution in [1.82, 2.24) is 4.67 Å². The number of nitrogens with zero attached hydrogens (tertiary/aromatic N) is 1. The predicted octanol–water partition coefficient (Wildman–Crippen LogP) is 1.18. The van der Waals surface area contributed by atoms with Crippen LogP contribution in [-0.4, -0.2) is 37.1 Å². The number of fused-ring (bicyclic) bond motifs is 1. The third-order valence-corrected chi connectivity index (χ3v) is 5.61. The molecule has 2 rings (SSSR count). The Morgan fingerprint density at radius 3 is 2.75 bits per heavy atom. The van der Waals surface area contributed by atoms with Crippen LogP contribution in [-0.2, 0) is 13.6 Å². The summed E-state index contributed by atoms with van der Waals surface area (Å²) in [6.07, 6.45) is 0. The Bertz CT molecular complexity index is 199. The van der Waals surface area contributed by atoms with E-state index in [1.165, 1.54) is 0 Å². The van der Waals surface area contributed by atoms with E-state index in [2.05, 4.69) is 18.5 Å². The molecule has 12 heavy (non-hydrogen) atoms. The van der Waals surface area contributed by atoms with Crippen LogP contribution in [0.1, 0.15) is 13.8 Å². The Hall–Kier alpha value is 0.270. The molecule has 72 valence electrons. The van der Waals surface area contributed by atoms with Crippen molar-refractivity contribution in [2.75, 3.05) is 26.9 Å². The fraction of sp³-hybridized carbons (Fsp3) is 1.00. The summed E-state index contributed by atoms with van der Waals surface area (Å²) in [7, 11) is -0.702. The minimum absolute atomic E-state index is 0.0821. The van der Waals surface area contributed by atoms with Crippen LogP contribution in [0.15, 0.2) is 0 Å². The molecule has 0 bridgehead atoms. The van der Waals surface area contributed by atoms with Gasteiger partial charge in [0, 0.05) is 0 Å². The van der Waals surface area contributed by atoms with Gasteiger partial charge in [-0.1, -0.05) is 0 Å². The summed E-state index contributed by atoms with van der Waals surface area (Å²) in [5.74, 6) is 0. The first-order valence-corrected chi connectivity index (χ1v) is 5.89. The second-order valence-electron chi connectivity index (χ2n) is 3.83. The number of hydrogen-bond donors (Lipinski definition) is 0. The van der Waals surface area contributed by atoms with E-state index in [1.54, 1.807) is 7.11 Å². The predicted molar refractivity (Wildman–Crippen MR) is 48.0 cm³/mol. The van der Waals surface area contributed by atoms with Crippen molar-refractivity contribution >= 4 is 8.09 Å². The van der Waals surface area contributed by atoms with Crippen molar-refractivity contribution in [1.29, 1.82) is 0 Å². The van der Waals surface area contributed by atoms with Gasteiger partial charge in [0.15, 0.2) is 0 Å². The quantitative estimate of drug-likeness (QED) is 0.585. The molecule has 0 aromatic rings. The molecule has 2 aliphatic rings. The van der Waals surface area contributed by atoms with E-state index < -0.39 is 8.09 Å². The van der Waals surface area contributed by atoms with Gasteiger partial charge in [-0.25, -0.2) is 0 Å². The van der Waals surface area contributed by atoms with Crippen LogP contribution in [0.5, 0.6) is 0 Å². The minimum atomic E-state index is -2.37. The normalized spacial score (nSPS) is 34.9. The number of hydrogen-bond acceptors (Lipinski definition) is 4. The molecule has 2 fully saturated rings. The molecule has 0 saturated carbocycles. The van der Waals surface area contributed by atoms with E-state index in [0.29, 0.717) is 6.61 Å². The van der Waals surface area contributed by atoms with Gasteiger partial charge in [0.05, 0.1) is 0 Å². The first-order valence-electron chi connectivity index (χ1n) is 4.21. The molecule has 0 radical (unpaired) electrons. The second-order valence-corrected chi connectivity index (χ2v) is 6.40. The SMILES string of the molecule is CO[PH]12OCCN1C(C)(C)CO2. The van der Waals surface area contributed by atoms with Gasteiger partial charge in [-0.2, -0.15) is 0 Å². The molecule has 0 amide bonds. The van der Waals surface area contributed by atoms with Gasteiger partial charge in [-0.3, -0.25) is 0 Å². The third kappa shape index (κ3) is 1.03. The first-order chi connectivity index (χ1) is 5.61. The Labute approximate surface area is 73.4 Å². The third-order valence-electron chi connectivity index (χ3n) is 2.53. The van der Waals surface area contributed by atoms with Crippen LogP contribution in [0, 0.1) is 0 Å². The van der Waals surface area contributed by atoms with Gasteiger partial charge in [0.25, 0.3) is 0 Å². The summed E-state index contributed by atoms with van der Waals surface area (Å²) >= 11 is 0. The standard InChI is InChI=1S/C7H16NO3P/c1-7(2)6-11-12(9-3)8(7)4-5-10-12/h12H,4-6H2,1-3H3. The van der Waals surface area contributed by atoms with Crippen molar-refractivity contribution in [3.05, 3.63) is 0 Å². The van der Waals surface area contributed by atoms with Crippen LogP contribution in [0.2, 0.25) is 0 Å². The molecule has 4 nitrogen and oxygen atoms in total. The van der Waals surface area contributed by atoms with E-state index in [0.717, 1.165) is 13.2 Å². The summed E-state index contributed by atoms with van der Waals surface area (Å²) in [4.78, 5) is 0. The van der Waals surface area contributed by atoms with Gasteiger partial charge in [-0.05, 0) is 0 Å². The van der Waals surface area contributed by atoms with Gasteiger partial charge < -0.3 is 0 Å². The fourth-order valence-corrected chi connectivity index (χ4v) is 4.75. The van der Waals surface area contributed by atoms with Crippen LogP contribution in [0.25, 0.3) is 0 Å². The van der Waals surface area contributed by atoms with E-state index in [9.17, 15) is 0 Å². The van der Waals surface area contributed by atoms with Crippen LogP contribution in [0.3, 0.4) is 0 Å². The van der Waals surface area contributed by atoms with Crippen LogP contribution < -0.4 is 0 Å². The van der Waals surface area contributed by atoms with E-state index in [1.807, 2.05) is 0 Å². The summed E-state index contributed by atoms with van der Waals surface area (Å²) in [6, 6.07) is 0. The first kappa shape index (κ1) is 8.85. The Balaban J connectivity index is 2.26. The molecule has 2 heterocycles. The second kappa shape index (κ2) is 2.63. The van der Waals surface area contributed by atoms with E-state index in [-0.39, 0.29) is 5.54 Å². The zero-order valence-electron chi connectivity index (χ0n) is 7.79. The molecule has 0 atom stereocenters. The summed E-state index contributed by atoms with van der Waals surface area (Å²) in [5, 5.41) is 0. The molecular formula is C7H16NO3P. The Kier molecular flexibility index (Phi) is 1.94.